The van der Waals surface area contributed by atoms with Gasteiger partial charge in [-0.15, -0.1) is 0 Å². The second-order valence-corrected chi connectivity index (χ2v) is 3.21. The van der Waals surface area contributed by atoms with E-state index in [2.05, 4.69) is 36.6 Å². The summed E-state index contributed by atoms with van der Waals surface area (Å²) >= 11 is 0. The van der Waals surface area contributed by atoms with Crippen LogP contribution in [0.4, 0.5) is 0 Å². The van der Waals surface area contributed by atoms with Crippen molar-refractivity contribution < 1.29 is 0 Å². The summed E-state index contributed by atoms with van der Waals surface area (Å²) in [7, 11) is 0. The average molecular weight is 245 g/mol. The molecule has 0 aromatic rings. The van der Waals surface area contributed by atoms with Gasteiger partial charge in [0, 0.05) is 39.3 Å². The van der Waals surface area contributed by atoms with Gasteiger partial charge in [-0.1, -0.05) is 10.4 Å². The molecule has 0 saturated carbocycles. The monoisotopic (exact) mass is 245 g/mol. The Morgan fingerprint density at radius 2 is 0.941 bits per heavy atom. The Bertz CT molecular complexity index is 173. The zero-order valence-electron chi connectivity index (χ0n) is 10.1. The summed E-state index contributed by atoms with van der Waals surface area (Å²) in [5, 5.41) is 23.3. The maximum Gasteiger partial charge on any atom is 0.0744 e. The Morgan fingerprint density at radius 3 is 1.29 bits per heavy atom. The second kappa shape index (κ2) is 14.7. The first kappa shape index (κ1) is 15.7. The molecule has 9 heteroatoms. The molecule has 0 saturated heterocycles. The highest BCUT2D eigenvalue weighted by molar-refractivity contribution is 4.55. The largest absolute Gasteiger partial charge is 0.314 e. The second-order valence-electron chi connectivity index (χ2n) is 3.21. The van der Waals surface area contributed by atoms with Crippen LogP contribution in [0.15, 0.2) is 20.7 Å². The summed E-state index contributed by atoms with van der Waals surface area (Å²) in [6.07, 6.45) is 0. The van der Waals surface area contributed by atoms with Gasteiger partial charge in [0.25, 0.3) is 0 Å². The molecule has 0 rings (SSSR count). The van der Waals surface area contributed by atoms with Gasteiger partial charge in [-0.05, 0) is 0 Å². The van der Waals surface area contributed by atoms with Gasteiger partial charge in [-0.2, -0.15) is 10.2 Å². The molecule has 0 aliphatic heterocycles. The average Bonchev–Trinajstić information content (AvgIpc) is 2.35. The van der Waals surface area contributed by atoms with Crippen molar-refractivity contribution in [1.29, 1.82) is 0 Å². The minimum absolute atomic E-state index is 0.619. The summed E-state index contributed by atoms with van der Waals surface area (Å²) in [4.78, 5) is 0. The number of rotatable bonds is 12. The van der Waals surface area contributed by atoms with Gasteiger partial charge < -0.3 is 27.6 Å². The summed E-state index contributed by atoms with van der Waals surface area (Å²) in [6, 6.07) is 0. The first-order valence-corrected chi connectivity index (χ1v) is 5.67. The molecule has 0 unspecified atom stereocenters. The lowest BCUT2D eigenvalue weighted by atomic mass is 10.5. The Labute approximate surface area is 101 Å². The number of nitrogens with one attached hydrogen (secondary N) is 3. The lowest BCUT2D eigenvalue weighted by Gasteiger charge is -2.06. The zero-order chi connectivity index (χ0) is 12.6. The lowest BCUT2D eigenvalue weighted by molar-refractivity contribution is 0.581. The summed E-state index contributed by atoms with van der Waals surface area (Å²) in [6.45, 7) is 6.48. The van der Waals surface area contributed by atoms with E-state index in [0.29, 0.717) is 13.1 Å². The van der Waals surface area contributed by atoms with Crippen LogP contribution in [-0.4, -0.2) is 52.4 Å². The molecule has 0 aromatic carbocycles. The minimum Gasteiger partial charge on any atom is -0.314 e. The van der Waals surface area contributed by atoms with Crippen LogP contribution in [-0.2, 0) is 0 Å². The van der Waals surface area contributed by atoms with Crippen molar-refractivity contribution in [3.63, 3.8) is 0 Å². The van der Waals surface area contributed by atoms with E-state index in [0.717, 1.165) is 39.3 Å². The van der Waals surface area contributed by atoms with Gasteiger partial charge in [0.15, 0.2) is 0 Å². The molecular formula is C8H23N9. The van der Waals surface area contributed by atoms with Crippen molar-refractivity contribution in [2.24, 2.45) is 32.4 Å². The van der Waals surface area contributed by atoms with E-state index in [1.165, 1.54) is 0 Å². The van der Waals surface area contributed by atoms with Crippen LogP contribution in [0, 0.1) is 0 Å². The molecule has 0 radical (unpaired) electrons. The molecular weight excluding hydrogens is 222 g/mol. The topological polar surface area (TPSA) is 138 Å². The molecule has 9 nitrogen and oxygen atoms in total. The molecule has 0 fully saturated rings. The summed E-state index contributed by atoms with van der Waals surface area (Å²) in [5.41, 5.74) is 0. The zero-order valence-corrected chi connectivity index (χ0v) is 10.1. The van der Waals surface area contributed by atoms with Crippen molar-refractivity contribution in [2.75, 3.05) is 52.4 Å². The molecule has 17 heavy (non-hydrogen) atoms. The standard InChI is InChI=1S/C8H23N9/c9-16-14-7-5-12-3-1-11-2-4-13-6-8-15-17-10/h11-13H,1-8H2,(H2,9,14)(H2,10,15). The van der Waals surface area contributed by atoms with Crippen LogP contribution in [0.5, 0.6) is 0 Å². The number of nitrogens with two attached hydrogens (primary N) is 2. The van der Waals surface area contributed by atoms with Crippen LogP contribution in [0.3, 0.4) is 0 Å². The van der Waals surface area contributed by atoms with Crippen LogP contribution < -0.4 is 27.6 Å². The predicted molar refractivity (Wildman–Crippen MR) is 66.4 cm³/mol. The lowest BCUT2D eigenvalue weighted by Crippen LogP contribution is -2.33. The Hall–Kier alpha value is -1.32. The van der Waals surface area contributed by atoms with Gasteiger partial charge >= 0.3 is 0 Å². The minimum atomic E-state index is 0.619. The van der Waals surface area contributed by atoms with Crippen LogP contribution in [0.25, 0.3) is 0 Å². The van der Waals surface area contributed by atoms with Gasteiger partial charge in [0.05, 0.1) is 13.1 Å². The van der Waals surface area contributed by atoms with E-state index in [-0.39, 0.29) is 0 Å². The van der Waals surface area contributed by atoms with Crippen LogP contribution in [0.1, 0.15) is 0 Å². The van der Waals surface area contributed by atoms with E-state index >= 15 is 0 Å². The van der Waals surface area contributed by atoms with Crippen molar-refractivity contribution in [2.45, 2.75) is 0 Å². The van der Waals surface area contributed by atoms with Gasteiger partial charge in [0.2, 0.25) is 0 Å². The molecule has 100 valence electrons. The highest BCUT2D eigenvalue weighted by Gasteiger charge is 1.89. The third-order valence-electron chi connectivity index (χ3n) is 1.90. The SMILES string of the molecule is NN=NCCNCCNCCNCCN=NN. The maximum absolute atomic E-state index is 4.86. The fourth-order valence-electron chi connectivity index (χ4n) is 1.10. The van der Waals surface area contributed by atoms with E-state index in [1.54, 1.807) is 0 Å². The van der Waals surface area contributed by atoms with E-state index in [9.17, 15) is 0 Å². The molecule has 7 N–H and O–H groups in total. The van der Waals surface area contributed by atoms with E-state index in [1.807, 2.05) is 0 Å². The number of nitrogens with zero attached hydrogens (tertiary/aromatic N) is 4. The maximum atomic E-state index is 4.86. The normalized spacial score (nSPS) is 11.8. The molecule has 0 heterocycles. The van der Waals surface area contributed by atoms with Crippen LogP contribution >= 0.6 is 0 Å². The first-order chi connectivity index (χ1) is 8.41. The third kappa shape index (κ3) is 14.7. The van der Waals surface area contributed by atoms with Crippen molar-refractivity contribution >= 4 is 0 Å². The molecule has 0 bridgehead atoms. The van der Waals surface area contributed by atoms with Gasteiger partial charge in [-0.25, -0.2) is 0 Å². The van der Waals surface area contributed by atoms with Crippen LogP contribution in [0.2, 0.25) is 0 Å². The first-order valence-electron chi connectivity index (χ1n) is 5.67. The smallest absolute Gasteiger partial charge is 0.0744 e. The quantitative estimate of drug-likeness (QED) is 0.122. The van der Waals surface area contributed by atoms with Crippen molar-refractivity contribution in [1.82, 2.24) is 16.0 Å². The fraction of sp³-hybridized carbons (Fsp3) is 1.00. The summed E-state index contributed by atoms with van der Waals surface area (Å²) < 4.78 is 0. The Kier molecular flexibility index (Phi) is 13.5. The Balaban J connectivity index is 2.94. The highest BCUT2D eigenvalue weighted by Crippen LogP contribution is 1.68. The van der Waals surface area contributed by atoms with E-state index < -0.39 is 0 Å². The molecule has 0 aliphatic rings. The molecule has 0 aliphatic carbocycles. The Morgan fingerprint density at radius 1 is 0.588 bits per heavy atom. The number of hydrogen-bond acceptors (Lipinski definition) is 7. The highest BCUT2D eigenvalue weighted by atomic mass is 15.3. The molecule has 0 amide bonds. The van der Waals surface area contributed by atoms with E-state index in [4.69, 9.17) is 11.7 Å². The molecule has 0 atom stereocenters. The molecule has 0 aromatic heterocycles. The van der Waals surface area contributed by atoms with Crippen molar-refractivity contribution in [3.05, 3.63) is 0 Å². The third-order valence-corrected chi connectivity index (χ3v) is 1.90. The molecule has 0 spiro atoms. The van der Waals surface area contributed by atoms with Crippen molar-refractivity contribution in [3.8, 4) is 0 Å². The number of hydrogen-bond donors (Lipinski definition) is 5. The van der Waals surface area contributed by atoms with Gasteiger partial charge in [-0.3, -0.25) is 0 Å². The van der Waals surface area contributed by atoms with Gasteiger partial charge in [0.1, 0.15) is 0 Å². The fourth-order valence-corrected chi connectivity index (χ4v) is 1.10. The predicted octanol–water partition coefficient (Wildman–Crippen LogP) is -1.59. The summed E-state index contributed by atoms with van der Waals surface area (Å²) in [5.74, 6) is 9.72.